The minimum absolute atomic E-state index is 0.0699. The summed E-state index contributed by atoms with van der Waals surface area (Å²) in [5.74, 6) is 0.332. The first-order chi connectivity index (χ1) is 10.0. The lowest BCUT2D eigenvalue weighted by molar-refractivity contribution is -0.124. The van der Waals surface area contributed by atoms with Crippen molar-refractivity contribution in [3.05, 3.63) is 29.8 Å². The maximum absolute atomic E-state index is 12.1. The SMILES string of the molecule is CCNC(=O)[C@@H]1CCCN1C1=NS(=O)(=O)c2ccccc21. The summed E-state index contributed by atoms with van der Waals surface area (Å²) >= 11 is 0. The number of likely N-dealkylation sites (N-methyl/N-ethyl adjacent to an activating group) is 1. The molecule has 0 unspecified atom stereocenters. The molecule has 0 radical (unpaired) electrons. The van der Waals surface area contributed by atoms with Crippen molar-refractivity contribution in [2.45, 2.75) is 30.7 Å². The van der Waals surface area contributed by atoms with Crippen LogP contribution in [0.1, 0.15) is 25.3 Å². The van der Waals surface area contributed by atoms with E-state index in [-0.39, 0.29) is 16.8 Å². The molecule has 1 N–H and O–H groups in total. The molecule has 0 bridgehead atoms. The van der Waals surface area contributed by atoms with Gasteiger partial charge in [-0.3, -0.25) is 4.79 Å². The largest absolute Gasteiger partial charge is 0.355 e. The van der Waals surface area contributed by atoms with Crippen LogP contribution in [0.2, 0.25) is 0 Å². The van der Waals surface area contributed by atoms with E-state index < -0.39 is 10.0 Å². The Kier molecular flexibility index (Phi) is 3.44. The number of rotatable bonds is 2. The zero-order chi connectivity index (χ0) is 15.0. The number of amidine groups is 1. The third-order valence-corrected chi connectivity index (χ3v) is 5.12. The summed E-state index contributed by atoms with van der Waals surface area (Å²) in [4.78, 5) is 14.2. The van der Waals surface area contributed by atoms with Crippen molar-refractivity contribution in [3.8, 4) is 0 Å². The van der Waals surface area contributed by atoms with Gasteiger partial charge in [0, 0.05) is 18.7 Å². The van der Waals surface area contributed by atoms with Crippen molar-refractivity contribution in [1.82, 2.24) is 10.2 Å². The molecule has 0 spiro atoms. The van der Waals surface area contributed by atoms with Crippen LogP contribution in [-0.4, -0.2) is 44.2 Å². The van der Waals surface area contributed by atoms with Crippen molar-refractivity contribution in [2.24, 2.45) is 4.40 Å². The summed E-state index contributed by atoms with van der Waals surface area (Å²) in [5, 5.41) is 2.80. The first kappa shape index (κ1) is 14.1. The number of nitrogens with one attached hydrogen (secondary N) is 1. The van der Waals surface area contributed by atoms with Crippen LogP contribution in [0.4, 0.5) is 0 Å². The molecule has 2 aliphatic rings. The van der Waals surface area contributed by atoms with Crippen molar-refractivity contribution in [3.63, 3.8) is 0 Å². The summed E-state index contributed by atoms with van der Waals surface area (Å²) in [6, 6.07) is 6.42. The molecule has 1 aromatic carbocycles. The highest BCUT2D eigenvalue weighted by molar-refractivity contribution is 7.90. The fourth-order valence-electron chi connectivity index (χ4n) is 2.88. The Morgan fingerprint density at radius 3 is 2.95 bits per heavy atom. The predicted molar refractivity (Wildman–Crippen MR) is 78.6 cm³/mol. The summed E-state index contributed by atoms with van der Waals surface area (Å²) in [6.07, 6.45) is 1.57. The van der Waals surface area contributed by atoms with Crippen molar-refractivity contribution < 1.29 is 13.2 Å². The van der Waals surface area contributed by atoms with E-state index in [1.54, 1.807) is 24.3 Å². The van der Waals surface area contributed by atoms with Gasteiger partial charge in [0.15, 0.2) is 5.84 Å². The molecule has 21 heavy (non-hydrogen) atoms. The van der Waals surface area contributed by atoms with Crippen LogP contribution in [-0.2, 0) is 14.8 Å². The lowest BCUT2D eigenvalue weighted by atomic mass is 10.1. The number of carbonyl (C=O) groups excluding carboxylic acids is 1. The number of carbonyl (C=O) groups is 1. The van der Waals surface area contributed by atoms with Crippen LogP contribution in [0.5, 0.6) is 0 Å². The monoisotopic (exact) mass is 307 g/mol. The first-order valence-electron chi connectivity index (χ1n) is 7.03. The normalized spacial score (nSPS) is 22.8. The van der Waals surface area contributed by atoms with Crippen LogP contribution in [0.15, 0.2) is 33.6 Å². The van der Waals surface area contributed by atoms with Gasteiger partial charge in [0.05, 0.1) is 0 Å². The average Bonchev–Trinajstić information content (AvgIpc) is 3.03. The Labute approximate surface area is 123 Å². The number of benzene rings is 1. The zero-order valence-corrected chi connectivity index (χ0v) is 12.6. The van der Waals surface area contributed by atoms with Gasteiger partial charge in [-0.05, 0) is 31.9 Å². The molecule has 1 saturated heterocycles. The van der Waals surface area contributed by atoms with Crippen molar-refractivity contribution in [2.75, 3.05) is 13.1 Å². The summed E-state index contributed by atoms with van der Waals surface area (Å²) < 4.78 is 28.1. The van der Waals surface area contributed by atoms with Gasteiger partial charge in [0.1, 0.15) is 10.9 Å². The third-order valence-electron chi connectivity index (χ3n) is 3.79. The van der Waals surface area contributed by atoms with Crippen molar-refractivity contribution in [1.29, 1.82) is 0 Å². The molecule has 2 heterocycles. The quantitative estimate of drug-likeness (QED) is 0.874. The lowest BCUT2D eigenvalue weighted by Gasteiger charge is -2.25. The molecule has 0 aliphatic carbocycles. The fraction of sp³-hybridized carbons (Fsp3) is 0.429. The Hall–Kier alpha value is -1.89. The Morgan fingerprint density at radius 2 is 2.19 bits per heavy atom. The highest BCUT2D eigenvalue weighted by Crippen LogP contribution is 2.30. The second-order valence-corrected chi connectivity index (χ2v) is 6.70. The molecule has 7 heteroatoms. The van der Waals surface area contributed by atoms with Gasteiger partial charge in [-0.25, -0.2) is 0 Å². The Balaban J connectivity index is 1.99. The van der Waals surface area contributed by atoms with E-state index in [2.05, 4.69) is 9.71 Å². The Bertz CT molecular complexity index is 712. The molecule has 3 rings (SSSR count). The number of hydrogen-bond donors (Lipinski definition) is 1. The summed E-state index contributed by atoms with van der Waals surface area (Å²) in [6.45, 7) is 3.07. The summed E-state index contributed by atoms with van der Waals surface area (Å²) in [5.41, 5.74) is 0.591. The van der Waals surface area contributed by atoms with Gasteiger partial charge in [0.2, 0.25) is 5.91 Å². The van der Waals surface area contributed by atoms with Gasteiger partial charge in [0.25, 0.3) is 10.0 Å². The molecule has 1 aromatic rings. The van der Waals surface area contributed by atoms with Crippen LogP contribution in [0.3, 0.4) is 0 Å². The average molecular weight is 307 g/mol. The maximum Gasteiger partial charge on any atom is 0.285 e. The number of amides is 1. The van der Waals surface area contributed by atoms with E-state index in [0.717, 1.165) is 6.42 Å². The number of sulfonamides is 1. The molecule has 1 amide bonds. The molecular formula is C14H17N3O3S. The van der Waals surface area contributed by atoms with Gasteiger partial charge >= 0.3 is 0 Å². The van der Waals surface area contributed by atoms with Gasteiger partial charge in [-0.2, -0.15) is 8.42 Å². The van der Waals surface area contributed by atoms with Crippen LogP contribution in [0, 0.1) is 0 Å². The van der Waals surface area contributed by atoms with Gasteiger partial charge < -0.3 is 10.2 Å². The molecular weight excluding hydrogens is 290 g/mol. The topological polar surface area (TPSA) is 78.8 Å². The lowest BCUT2D eigenvalue weighted by Crippen LogP contribution is -2.45. The van der Waals surface area contributed by atoms with E-state index in [4.69, 9.17) is 0 Å². The number of nitrogens with zero attached hydrogens (tertiary/aromatic N) is 2. The minimum Gasteiger partial charge on any atom is -0.355 e. The van der Waals surface area contributed by atoms with Crippen molar-refractivity contribution >= 4 is 21.8 Å². The fourth-order valence-corrected chi connectivity index (χ4v) is 4.10. The smallest absolute Gasteiger partial charge is 0.285 e. The molecule has 1 fully saturated rings. The third kappa shape index (κ3) is 2.31. The zero-order valence-electron chi connectivity index (χ0n) is 11.7. The van der Waals surface area contributed by atoms with E-state index in [9.17, 15) is 13.2 Å². The molecule has 6 nitrogen and oxygen atoms in total. The second kappa shape index (κ2) is 5.14. The van der Waals surface area contributed by atoms with Crippen LogP contribution < -0.4 is 5.32 Å². The summed E-state index contributed by atoms with van der Waals surface area (Å²) in [7, 11) is -3.64. The molecule has 0 saturated carbocycles. The predicted octanol–water partition coefficient (Wildman–Crippen LogP) is 0.736. The second-order valence-electron chi connectivity index (χ2n) is 5.13. The molecule has 112 valence electrons. The molecule has 0 aromatic heterocycles. The highest BCUT2D eigenvalue weighted by Gasteiger charge is 2.38. The van der Waals surface area contributed by atoms with Gasteiger partial charge in [-0.15, -0.1) is 4.40 Å². The minimum atomic E-state index is -3.64. The van der Waals surface area contributed by atoms with E-state index in [1.165, 1.54) is 0 Å². The Morgan fingerprint density at radius 1 is 1.43 bits per heavy atom. The van der Waals surface area contributed by atoms with Crippen LogP contribution in [0.25, 0.3) is 0 Å². The van der Waals surface area contributed by atoms with E-state index in [0.29, 0.717) is 30.9 Å². The standard InChI is InChI=1S/C14H17N3O3S/c1-2-15-14(18)11-7-5-9-17(11)13-10-6-3-4-8-12(10)21(19,20)16-13/h3-4,6,8,11H,2,5,7,9H2,1H3,(H,15,18)/t11-/m0/s1. The molecule has 1 atom stereocenters. The maximum atomic E-state index is 12.1. The van der Waals surface area contributed by atoms with E-state index >= 15 is 0 Å². The number of fused-ring (bicyclic) bond motifs is 1. The molecule has 2 aliphatic heterocycles. The van der Waals surface area contributed by atoms with Gasteiger partial charge in [-0.1, -0.05) is 12.1 Å². The van der Waals surface area contributed by atoms with Crippen LogP contribution >= 0.6 is 0 Å². The van der Waals surface area contributed by atoms with E-state index in [1.807, 2.05) is 11.8 Å². The number of likely N-dealkylation sites (tertiary alicyclic amines) is 1. The number of hydrogen-bond acceptors (Lipinski definition) is 4. The first-order valence-corrected chi connectivity index (χ1v) is 8.47. The highest BCUT2D eigenvalue weighted by atomic mass is 32.2.